The summed E-state index contributed by atoms with van der Waals surface area (Å²) in [6, 6.07) is 6.28. The van der Waals surface area contributed by atoms with Crippen molar-refractivity contribution >= 4 is 0 Å². The molecule has 4 aliphatic rings. The largest absolute Gasteiger partial charge is 0.493 e. The molecule has 5 rings (SSSR count). The number of methoxy groups -OCH3 is 2. The molecular weight excluding hydrogens is 286 g/mol. The van der Waals surface area contributed by atoms with Crippen molar-refractivity contribution < 1.29 is 9.47 Å². The molecule has 3 nitrogen and oxygen atoms in total. The highest BCUT2D eigenvalue weighted by Gasteiger charge is 2.50. The van der Waals surface area contributed by atoms with E-state index in [1.165, 1.54) is 44.1 Å². The fourth-order valence-electron chi connectivity index (χ4n) is 5.84. The summed E-state index contributed by atoms with van der Waals surface area (Å²) in [7, 11) is 3.39. The lowest BCUT2D eigenvalue weighted by Crippen LogP contribution is -2.58. The third kappa shape index (κ3) is 2.96. The lowest BCUT2D eigenvalue weighted by Gasteiger charge is -2.57. The predicted molar refractivity (Wildman–Crippen MR) is 92.2 cm³/mol. The quantitative estimate of drug-likeness (QED) is 0.866. The Morgan fingerprint density at radius 3 is 2.13 bits per heavy atom. The molecule has 23 heavy (non-hydrogen) atoms. The SMILES string of the molecule is COc1ccc(CCNC23CC4CC(CC(C4)C2)C3)cc1OC. The summed E-state index contributed by atoms with van der Waals surface area (Å²) in [5, 5.41) is 3.97. The van der Waals surface area contributed by atoms with Crippen molar-refractivity contribution in [1.82, 2.24) is 5.32 Å². The molecule has 0 aromatic heterocycles. The van der Waals surface area contributed by atoms with Gasteiger partial charge in [0.1, 0.15) is 0 Å². The molecule has 0 heterocycles. The molecule has 0 unspecified atom stereocenters. The number of hydrogen-bond donors (Lipinski definition) is 1. The lowest BCUT2D eigenvalue weighted by molar-refractivity contribution is -0.0192. The summed E-state index contributed by atoms with van der Waals surface area (Å²) in [5.41, 5.74) is 1.78. The molecule has 0 amide bonds. The first-order chi connectivity index (χ1) is 11.2. The minimum absolute atomic E-state index is 0.464. The minimum atomic E-state index is 0.464. The van der Waals surface area contributed by atoms with Crippen molar-refractivity contribution in [1.29, 1.82) is 0 Å². The zero-order valence-electron chi connectivity index (χ0n) is 14.4. The van der Waals surface area contributed by atoms with Gasteiger partial charge in [-0.1, -0.05) is 6.07 Å². The molecular formula is C20H29NO2. The average molecular weight is 315 g/mol. The molecule has 0 atom stereocenters. The monoisotopic (exact) mass is 315 g/mol. The third-order valence-electron chi connectivity index (χ3n) is 6.40. The molecule has 0 radical (unpaired) electrons. The van der Waals surface area contributed by atoms with Crippen molar-refractivity contribution in [3.05, 3.63) is 23.8 Å². The first-order valence-electron chi connectivity index (χ1n) is 9.15. The van der Waals surface area contributed by atoms with Crippen LogP contribution >= 0.6 is 0 Å². The fourth-order valence-corrected chi connectivity index (χ4v) is 5.84. The highest BCUT2D eigenvalue weighted by molar-refractivity contribution is 5.42. The molecule has 0 saturated heterocycles. The van der Waals surface area contributed by atoms with Crippen molar-refractivity contribution in [3.63, 3.8) is 0 Å². The van der Waals surface area contributed by atoms with Gasteiger partial charge in [0.05, 0.1) is 14.2 Å². The van der Waals surface area contributed by atoms with Crippen LogP contribution in [0.4, 0.5) is 0 Å². The van der Waals surface area contributed by atoms with Gasteiger partial charge in [0.25, 0.3) is 0 Å². The Balaban J connectivity index is 1.37. The number of hydrogen-bond acceptors (Lipinski definition) is 3. The zero-order valence-corrected chi connectivity index (χ0v) is 14.4. The second-order valence-corrected chi connectivity index (χ2v) is 8.06. The van der Waals surface area contributed by atoms with E-state index in [2.05, 4.69) is 17.4 Å². The molecule has 4 aliphatic carbocycles. The molecule has 4 bridgehead atoms. The molecule has 4 saturated carbocycles. The molecule has 126 valence electrons. The average Bonchev–Trinajstić information content (AvgIpc) is 2.53. The van der Waals surface area contributed by atoms with Crippen LogP contribution < -0.4 is 14.8 Å². The van der Waals surface area contributed by atoms with E-state index in [1.54, 1.807) is 14.2 Å². The van der Waals surface area contributed by atoms with E-state index in [0.29, 0.717) is 5.54 Å². The first-order valence-corrected chi connectivity index (χ1v) is 9.15. The summed E-state index contributed by atoms with van der Waals surface area (Å²) in [6.45, 7) is 1.07. The van der Waals surface area contributed by atoms with Crippen LogP contribution in [0.1, 0.15) is 44.1 Å². The predicted octanol–water partition coefficient (Wildman–Crippen LogP) is 3.80. The molecule has 1 aromatic carbocycles. The van der Waals surface area contributed by atoms with Gasteiger partial charge in [-0.3, -0.25) is 0 Å². The van der Waals surface area contributed by atoms with E-state index in [0.717, 1.165) is 42.2 Å². The topological polar surface area (TPSA) is 30.5 Å². The van der Waals surface area contributed by atoms with Gasteiger partial charge in [-0.05, 0) is 86.9 Å². The summed E-state index contributed by atoms with van der Waals surface area (Å²) < 4.78 is 10.7. The maximum Gasteiger partial charge on any atom is 0.160 e. The van der Waals surface area contributed by atoms with Crippen LogP contribution in [0.3, 0.4) is 0 Å². The number of rotatable bonds is 6. The van der Waals surface area contributed by atoms with Crippen LogP contribution in [0.2, 0.25) is 0 Å². The summed E-state index contributed by atoms with van der Waals surface area (Å²) >= 11 is 0. The molecule has 3 heteroatoms. The van der Waals surface area contributed by atoms with Gasteiger partial charge in [0.15, 0.2) is 11.5 Å². The highest BCUT2D eigenvalue weighted by Crippen LogP contribution is 2.55. The number of nitrogens with one attached hydrogen (secondary N) is 1. The zero-order chi connectivity index (χ0) is 15.9. The van der Waals surface area contributed by atoms with Crippen LogP contribution in [0.5, 0.6) is 11.5 Å². The molecule has 1 N–H and O–H groups in total. The second-order valence-electron chi connectivity index (χ2n) is 8.06. The molecule has 0 aliphatic heterocycles. The smallest absolute Gasteiger partial charge is 0.160 e. The Hall–Kier alpha value is -1.22. The first kappa shape index (κ1) is 15.3. The van der Waals surface area contributed by atoms with E-state index in [-0.39, 0.29) is 0 Å². The van der Waals surface area contributed by atoms with Gasteiger partial charge in [-0.25, -0.2) is 0 Å². The van der Waals surface area contributed by atoms with Crippen LogP contribution in [0.15, 0.2) is 18.2 Å². The van der Waals surface area contributed by atoms with Gasteiger partial charge < -0.3 is 14.8 Å². The Bertz CT molecular complexity index is 533. The number of ether oxygens (including phenoxy) is 2. The lowest BCUT2D eigenvalue weighted by atomic mass is 9.53. The van der Waals surface area contributed by atoms with Crippen LogP contribution in [-0.2, 0) is 6.42 Å². The standard InChI is InChI=1S/C20H29NO2/c1-22-18-4-3-14(10-19(18)23-2)5-6-21-20-11-15-7-16(12-20)9-17(8-15)13-20/h3-4,10,15-17,21H,5-9,11-13H2,1-2H3. The second kappa shape index (κ2) is 6.01. The van der Waals surface area contributed by atoms with Gasteiger partial charge in [0, 0.05) is 5.54 Å². The van der Waals surface area contributed by atoms with Gasteiger partial charge in [0.2, 0.25) is 0 Å². The van der Waals surface area contributed by atoms with Gasteiger partial charge in [-0.15, -0.1) is 0 Å². The molecule has 1 aromatic rings. The van der Waals surface area contributed by atoms with Gasteiger partial charge >= 0.3 is 0 Å². The van der Waals surface area contributed by atoms with Crippen LogP contribution in [0.25, 0.3) is 0 Å². The summed E-state index contributed by atoms with van der Waals surface area (Å²) in [5.74, 6) is 4.67. The van der Waals surface area contributed by atoms with Gasteiger partial charge in [-0.2, -0.15) is 0 Å². The molecule has 4 fully saturated rings. The van der Waals surface area contributed by atoms with E-state index < -0.39 is 0 Å². The van der Waals surface area contributed by atoms with Crippen LogP contribution in [-0.4, -0.2) is 26.3 Å². The molecule has 0 spiro atoms. The van der Waals surface area contributed by atoms with Crippen molar-refractivity contribution in [3.8, 4) is 11.5 Å². The van der Waals surface area contributed by atoms with Crippen molar-refractivity contribution in [2.75, 3.05) is 20.8 Å². The normalized spacial score (nSPS) is 34.6. The fraction of sp³-hybridized carbons (Fsp3) is 0.700. The highest BCUT2D eigenvalue weighted by atomic mass is 16.5. The Kier molecular flexibility index (Phi) is 4.00. The van der Waals surface area contributed by atoms with E-state index in [9.17, 15) is 0 Å². The van der Waals surface area contributed by atoms with E-state index in [1.807, 2.05) is 6.07 Å². The Morgan fingerprint density at radius 1 is 0.957 bits per heavy atom. The van der Waals surface area contributed by atoms with E-state index >= 15 is 0 Å². The minimum Gasteiger partial charge on any atom is -0.493 e. The van der Waals surface area contributed by atoms with Crippen LogP contribution in [0, 0.1) is 17.8 Å². The number of benzene rings is 1. The van der Waals surface area contributed by atoms with Crippen molar-refractivity contribution in [2.45, 2.75) is 50.5 Å². The maximum atomic E-state index is 5.41. The summed E-state index contributed by atoms with van der Waals surface area (Å²) in [4.78, 5) is 0. The van der Waals surface area contributed by atoms with E-state index in [4.69, 9.17) is 9.47 Å². The third-order valence-corrected chi connectivity index (χ3v) is 6.40. The Labute approximate surface area is 139 Å². The maximum absolute atomic E-state index is 5.41. The van der Waals surface area contributed by atoms with Crippen molar-refractivity contribution in [2.24, 2.45) is 17.8 Å². The summed E-state index contributed by atoms with van der Waals surface area (Å²) in [6.07, 6.45) is 9.85. The Morgan fingerprint density at radius 2 is 1.57 bits per heavy atom.